The van der Waals surface area contributed by atoms with Crippen LogP contribution >= 0.6 is 22.9 Å². The average Bonchev–Trinajstić information content (AvgIpc) is 3.06. The summed E-state index contributed by atoms with van der Waals surface area (Å²) >= 11 is 7.46. The topological polar surface area (TPSA) is 91.4 Å². The Bertz CT molecular complexity index is 909. The molecular weight excluding hydrogens is 401 g/mol. The molecule has 0 aliphatic heterocycles. The molecule has 2 atom stereocenters. The van der Waals surface area contributed by atoms with Crippen molar-refractivity contribution >= 4 is 39.8 Å². The van der Waals surface area contributed by atoms with Gasteiger partial charge in [-0.15, -0.1) is 0 Å². The summed E-state index contributed by atoms with van der Waals surface area (Å²) < 4.78 is 15.4. The number of aromatic nitrogens is 1. The molecule has 148 valence electrons. The maximum atomic E-state index is 15.4. The number of nitrogens with zero attached hydrogens (tertiary/aromatic N) is 1. The van der Waals surface area contributed by atoms with Crippen molar-refractivity contribution in [2.75, 3.05) is 17.8 Å². The number of nitrogens with one attached hydrogen (secondary N) is 1. The number of alkyl halides is 1. The van der Waals surface area contributed by atoms with Crippen LogP contribution in [-0.4, -0.2) is 28.1 Å². The molecule has 0 amide bonds. The lowest BCUT2D eigenvalue weighted by atomic mass is 9.83. The van der Waals surface area contributed by atoms with Gasteiger partial charge in [0.1, 0.15) is 6.17 Å². The van der Waals surface area contributed by atoms with E-state index in [1.807, 2.05) is 18.2 Å². The highest BCUT2D eigenvalue weighted by molar-refractivity contribution is 7.16. The standard InChI is InChI=1S/C20H21ClFN3O2S/c21-14(2-1-9-26)5-8-16-18(22)13(11-17-19(16)24-20(23)28-17)10-12-3-6-15(25-27)7-4-12/h1-7,11,16,18,25-27H,8-10H2,(H2,23,24)/b2-1-,14-5+. The van der Waals surface area contributed by atoms with Gasteiger partial charge in [0.15, 0.2) is 5.13 Å². The highest BCUT2D eigenvalue weighted by atomic mass is 35.5. The van der Waals surface area contributed by atoms with Crippen molar-refractivity contribution in [3.63, 3.8) is 0 Å². The fraction of sp³-hybridized carbons (Fsp3) is 0.250. The van der Waals surface area contributed by atoms with E-state index in [0.717, 1.165) is 10.4 Å². The Morgan fingerprint density at radius 3 is 2.79 bits per heavy atom. The first-order valence-electron chi connectivity index (χ1n) is 8.74. The number of nitrogen functional groups attached to an aromatic ring is 1. The van der Waals surface area contributed by atoms with E-state index in [1.54, 1.807) is 24.3 Å². The van der Waals surface area contributed by atoms with Gasteiger partial charge in [-0.1, -0.05) is 47.2 Å². The molecule has 0 spiro atoms. The minimum Gasteiger partial charge on any atom is -0.392 e. The monoisotopic (exact) mass is 421 g/mol. The molecule has 0 fully saturated rings. The summed E-state index contributed by atoms with van der Waals surface area (Å²) in [7, 11) is 0. The number of anilines is 2. The van der Waals surface area contributed by atoms with E-state index in [1.165, 1.54) is 17.4 Å². The quantitative estimate of drug-likeness (QED) is 0.386. The van der Waals surface area contributed by atoms with Gasteiger partial charge >= 0.3 is 0 Å². The summed E-state index contributed by atoms with van der Waals surface area (Å²) in [5.74, 6) is -0.474. The van der Waals surface area contributed by atoms with Crippen molar-refractivity contribution in [1.29, 1.82) is 0 Å². The molecule has 0 bridgehead atoms. The van der Waals surface area contributed by atoms with Crippen LogP contribution < -0.4 is 11.2 Å². The van der Waals surface area contributed by atoms with Crippen LogP contribution in [0.4, 0.5) is 15.2 Å². The summed E-state index contributed by atoms with van der Waals surface area (Å²) in [5, 5.41) is 18.6. The Kier molecular flexibility index (Phi) is 6.85. The lowest BCUT2D eigenvalue weighted by Gasteiger charge is -2.26. The van der Waals surface area contributed by atoms with Gasteiger partial charge < -0.3 is 10.8 Å². The van der Waals surface area contributed by atoms with Crippen molar-refractivity contribution in [3.05, 3.63) is 69.2 Å². The first kappa shape index (κ1) is 20.5. The van der Waals surface area contributed by atoms with Gasteiger partial charge in [0.2, 0.25) is 0 Å². The van der Waals surface area contributed by atoms with Gasteiger partial charge in [0.05, 0.1) is 22.9 Å². The Morgan fingerprint density at radius 2 is 2.11 bits per heavy atom. The Morgan fingerprint density at radius 1 is 1.36 bits per heavy atom. The normalized spacial score (nSPS) is 19.6. The summed E-state index contributed by atoms with van der Waals surface area (Å²) in [6.07, 6.45) is 6.27. The third-order valence-electron chi connectivity index (χ3n) is 4.51. The van der Waals surface area contributed by atoms with Gasteiger partial charge in [0.25, 0.3) is 0 Å². The first-order valence-corrected chi connectivity index (χ1v) is 9.94. The van der Waals surface area contributed by atoms with Crippen molar-refractivity contribution < 1.29 is 14.7 Å². The van der Waals surface area contributed by atoms with Crippen LogP contribution in [0.3, 0.4) is 0 Å². The van der Waals surface area contributed by atoms with E-state index in [2.05, 4.69) is 10.5 Å². The van der Waals surface area contributed by atoms with Crippen LogP contribution in [-0.2, 0) is 6.42 Å². The molecule has 5 nitrogen and oxygen atoms in total. The Balaban J connectivity index is 1.85. The maximum absolute atomic E-state index is 15.4. The average molecular weight is 422 g/mol. The van der Waals surface area contributed by atoms with Gasteiger partial charge in [-0.05, 0) is 48.3 Å². The van der Waals surface area contributed by atoms with Crippen molar-refractivity contribution in [3.8, 4) is 0 Å². The van der Waals surface area contributed by atoms with Crippen LogP contribution in [0.5, 0.6) is 0 Å². The fourth-order valence-electron chi connectivity index (χ4n) is 3.16. The molecular formula is C20H21ClFN3O2S. The van der Waals surface area contributed by atoms with Crippen molar-refractivity contribution in [1.82, 2.24) is 4.98 Å². The molecule has 1 heterocycles. The maximum Gasteiger partial charge on any atom is 0.180 e. The zero-order valence-electron chi connectivity index (χ0n) is 15.0. The predicted octanol–water partition coefficient (Wildman–Crippen LogP) is 4.65. The molecule has 1 aromatic carbocycles. The van der Waals surface area contributed by atoms with Crippen LogP contribution in [0.15, 0.2) is 53.1 Å². The lowest BCUT2D eigenvalue weighted by Crippen LogP contribution is -2.22. The SMILES string of the molecule is Nc1nc2c(s1)C=C(Cc1ccc(NO)cc1)C(F)C2C/C=C(Cl)\C=C/CO. The summed E-state index contributed by atoms with van der Waals surface area (Å²) in [5.41, 5.74) is 10.8. The van der Waals surface area contributed by atoms with Gasteiger partial charge in [0, 0.05) is 11.0 Å². The summed E-state index contributed by atoms with van der Waals surface area (Å²) in [6.45, 7) is -0.108. The second kappa shape index (κ2) is 9.34. The first-order chi connectivity index (χ1) is 13.5. The number of rotatable bonds is 7. The van der Waals surface area contributed by atoms with Gasteiger partial charge in [-0.25, -0.2) is 9.37 Å². The number of allylic oxidation sites excluding steroid dienone is 4. The van der Waals surface area contributed by atoms with Crippen molar-refractivity contribution in [2.24, 2.45) is 0 Å². The van der Waals surface area contributed by atoms with E-state index in [0.29, 0.717) is 40.0 Å². The summed E-state index contributed by atoms with van der Waals surface area (Å²) in [6, 6.07) is 7.15. The van der Waals surface area contributed by atoms with Crippen LogP contribution in [0.25, 0.3) is 6.08 Å². The van der Waals surface area contributed by atoms with Crippen LogP contribution in [0, 0.1) is 0 Å². The minimum atomic E-state index is -1.22. The fourth-order valence-corrected chi connectivity index (χ4v) is 4.22. The number of halogens is 2. The van der Waals surface area contributed by atoms with Gasteiger partial charge in [-0.3, -0.25) is 10.7 Å². The molecule has 5 N–H and O–H groups in total. The van der Waals surface area contributed by atoms with E-state index in [4.69, 9.17) is 27.6 Å². The number of aliphatic hydroxyl groups is 1. The second-order valence-electron chi connectivity index (χ2n) is 6.42. The highest BCUT2D eigenvalue weighted by Gasteiger charge is 2.33. The molecule has 0 saturated heterocycles. The molecule has 2 aromatic rings. The van der Waals surface area contributed by atoms with Gasteiger partial charge in [-0.2, -0.15) is 0 Å². The number of aliphatic hydroxyl groups excluding tert-OH is 1. The van der Waals surface area contributed by atoms with E-state index in [-0.39, 0.29) is 6.61 Å². The molecule has 3 rings (SSSR count). The van der Waals surface area contributed by atoms with Crippen LogP contribution in [0.2, 0.25) is 0 Å². The predicted molar refractivity (Wildman–Crippen MR) is 112 cm³/mol. The molecule has 28 heavy (non-hydrogen) atoms. The molecule has 1 aliphatic carbocycles. The minimum absolute atomic E-state index is 0.108. The molecule has 8 heteroatoms. The molecule has 0 radical (unpaired) electrons. The van der Waals surface area contributed by atoms with E-state index in [9.17, 15) is 0 Å². The smallest absolute Gasteiger partial charge is 0.180 e. The van der Waals surface area contributed by atoms with Crippen molar-refractivity contribution in [2.45, 2.75) is 24.9 Å². The highest BCUT2D eigenvalue weighted by Crippen LogP contribution is 2.42. The third-order valence-corrected chi connectivity index (χ3v) is 5.64. The van der Waals surface area contributed by atoms with E-state index < -0.39 is 12.1 Å². The van der Waals surface area contributed by atoms with E-state index >= 15 is 4.39 Å². The van der Waals surface area contributed by atoms with Crippen LogP contribution in [0.1, 0.15) is 28.5 Å². The zero-order valence-corrected chi connectivity index (χ0v) is 16.6. The molecule has 1 aliphatic rings. The Hall–Kier alpha value is -2.19. The number of benzene rings is 1. The number of nitrogens with two attached hydrogens (primary N) is 1. The second-order valence-corrected chi connectivity index (χ2v) is 7.92. The third kappa shape index (κ3) is 4.80. The largest absolute Gasteiger partial charge is 0.392 e. The molecule has 0 saturated carbocycles. The number of hydrogen-bond donors (Lipinski definition) is 4. The molecule has 2 unspecified atom stereocenters. The summed E-state index contributed by atoms with van der Waals surface area (Å²) in [4.78, 5) is 5.20. The number of fused-ring (bicyclic) bond motifs is 1. The zero-order chi connectivity index (χ0) is 20.1. The molecule has 1 aromatic heterocycles. The lowest BCUT2D eigenvalue weighted by molar-refractivity contribution is 0.315. The Labute approximate surface area is 171 Å². The number of thiazole rings is 1. The number of hydrogen-bond acceptors (Lipinski definition) is 6.